The average molecular weight is 271 g/mol. The Balaban J connectivity index is 2.76. The van der Waals surface area contributed by atoms with Gasteiger partial charge in [0.15, 0.2) is 0 Å². The first-order valence-electron chi connectivity index (χ1n) is 6.48. The lowest BCUT2D eigenvalue weighted by Crippen LogP contribution is -2.07. The Morgan fingerprint density at radius 1 is 1.42 bits per heavy atom. The van der Waals surface area contributed by atoms with Crippen molar-refractivity contribution in [3.8, 4) is 16.5 Å². The van der Waals surface area contributed by atoms with E-state index < -0.39 is 0 Å². The summed E-state index contributed by atoms with van der Waals surface area (Å²) in [4.78, 5) is 5.53. The molecular formula is C15H17N3S. The second kappa shape index (κ2) is 5.85. The van der Waals surface area contributed by atoms with Crippen molar-refractivity contribution in [1.82, 2.24) is 4.98 Å². The largest absolute Gasteiger partial charge is 0.383 e. The van der Waals surface area contributed by atoms with Gasteiger partial charge in [-0.3, -0.25) is 0 Å². The second-order valence-corrected chi connectivity index (χ2v) is 5.31. The third-order valence-corrected chi connectivity index (χ3v) is 4.02. The van der Waals surface area contributed by atoms with E-state index in [1.165, 1.54) is 0 Å². The van der Waals surface area contributed by atoms with E-state index in [4.69, 9.17) is 5.73 Å². The number of rotatable bonds is 4. The molecule has 0 bridgehead atoms. The normalized spacial score (nSPS) is 10.4. The molecule has 0 saturated carbocycles. The zero-order valence-corrected chi connectivity index (χ0v) is 12.0. The van der Waals surface area contributed by atoms with Gasteiger partial charge in [-0.15, -0.1) is 11.3 Å². The van der Waals surface area contributed by atoms with Crippen LogP contribution in [0.25, 0.3) is 10.4 Å². The van der Waals surface area contributed by atoms with Crippen LogP contribution in [0.5, 0.6) is 0 Å². The zero-order chi connectivity index (χ0) is 13.8. The van der Waals surface area contributed by atoms with Crippen LogP contribution < -0.4 is 5.73 Å². The van der Waals surface area contributed by atoms with Gasteiger partial charge in [0.2, 0.25) is 0 Å². The minimum absolute atomic E-state index is 0.353. The first-order chi connectivity index (χ1) is 9.22. The van der Waals surface area contributed by atoms with Gasteiger partial charge in [-0.05, 0) is 29.9 Å². The molecular weight excluding hydrogens is 254 g/mol. The second-order valence-electron chi connectivity index (χ2n) is 4.36. The molecule has 0 unspecified atom stereocenters. The third-order valence-electron chi connectivity index (χ3n) is 3.13. The summed E-state index contributed by atoms with van der Waals surface area (Å²) in [6.07, 6.45) is 2.79. The number of thiophene rings is 1. The van der Waals surface area contributed by atoms with Gasteiger partial charge in [-0.25, -0.2) is 4.98 Å². The maximum atomic E-state index is 9.37. The third kappa shape index (κ3) is 2.47. The van der Waals surface area contributed by atoms with Gasteiger partial charge in [-0.1, -0.05) is 26.3 Å². The van der Waals surface area contributed by atoms with Crippen molar-refractivity contribution in [1.29, 1.82) is 5.26 Å². The molecule has 2 aromatic rings. The summed E-state index contributed by atoms with van der Waals surface area (Å²) < 4.78 is 0. The van der Waals surface area contributed by atoms with E-state index in [0.717, 1.165) is 41.0 Å². The van der Waals surface area contributed by atoms with E-state index in [9.17, 15) is 5.26 Å². The van der Waals surface area contributed by atoms with Gasteiger partial charge in [0.25, 0.3) is 0 Å². The average Bonchev–Trinajstić information content (AvgIpc) is 2.92. The van der Waals surface area contributed by atoms with Crippen molar-refractivity contribution < 1.29 is 0 Å². The minimum Gasteiger partial charge on any atom is -0.383 e. The predicted molar refractivity (Wildman–Crippen MR) is 80.1 cm³/mol. The Bertz CT molecular complexity index is 609. The summed E-state index contributed by atoms with van der Waals surface area (Å²) in [5.74, 6) is 0.353. The van der Waals surface area contributed by atoms with Crippen LogP contribution in [-0.4, -0.2) is 4.98 Å². The smallest absolute Gasteiger partial charge is 0.142 e. The van der Waals surface area contributed by atoms with Crippen molar-refractivity contribution in [3.05, 3.63) is 34.3 Å². The monoisotopic (exact) mass is 271 g/mol. The molecule has 98 valence electrons. The van der Waals surface area contributed by atoms with Crippen molar-refractivity contribution in [2.45, 2.75) is 33.1 Å². The van der Waals surface area contributed by atoms with Crippen LogP contribution in [0.1, 0.15) is 37.1 Å². The van der Waals surface area contributed by atoms with Gasteiger partial charge in [-0.2, -0.15) is 5.26 Å². The highest BCUT2D eigenvalue weighted by Crippen LogP contribution is 2.35. The molecule has 0 aliphatic heterocycles. The number of nitrogen functional groups attached to an aromatic ring is 1. The van der Waals surface area contributed by atoms with E-state index >= 15 is 0 Å². The van der Waals surface area contributed by atoms with E-state index in [-0.39, 0.29) is 0 Å². The first kappa shape index (κ1) is 13.6. The fourth-order valence-electron chi connectivity index (χ4n) is 2.32. The maximum absolute atomic E-state index is 9.37. The first-order valence-corrected chi connectivity index (χ1v) is 7.36. The van der Waals surface area contributed by atoms with Crippen LogP contribution in [0.3, 0.4) is 0 Å². The molecule has 0 saturated heterocycles. The number of nitrogens with two attached hydrogens (primary N) is 1. The molecule has 19 heavy (non-hydrogen) atoms. The Labute approximate surface area is 117 Å². The van der Waals surface area contributed by atoms with Crippen LogP contribution in [0.2, 0.25) is 0 Å². The quantitative estimate of drug-likeness (QED) is 0.920. The molecule has 2 rings (SSSR count). The van der Waals surface area contributed by atoms with Crippen LogP contribution >= 0.6 is 11.3 Å². The zero-order valence-electron chi connectivity index (χ0n) is 11.2. The van der Waals surface area contributed by atoms with Crippen LogP contribution in [0, 0.1) is 11.3 Å². The number of aromatic nitrogens is 1. The standard InChI is InChI=1S/C15H17N3S/c1-3-6-12-10(4-2)14(13-7-5-8-19-13)11(9-16)15(17)18-12/h5,7-8H,3-4,6H2,1-2H3,(H2,17,18). The SMILES string of the molecule is CCCc1nc(N)c(C#N)c(-c2cccs2)c1CC. The summed E-state index contributed by atoms with van der Waals surface area (Å²) >= 11 is 1.64. The van der Waals surface area contributed by atoms with Gasteiger partial charge in [0.1, 0.15) is 17.5 Å². The number of hydrogen-bond donors (Lipinski definition) is 1. The Morgan fingerprint density at radius 2 is 2.21 bits per heavy atom. The van der Waals surface area contributed by atoms with Crippen molar-refractivity contribution in [3.63, 3.8) is 0 Å². The van der Waals surface area contributed by atoms with Crippen molar-refractivity contribution in [2.75, 3.05) is 5.73 Å². The van der Waals surface area contributed by atoms with Gasteiger partial charge >= 0.3 is 0 Å². The van der Waals surface area contributed by atoms with E-state index in [2.05, 4.69) is 24.9 Å². The van der Waals surface area contributed by atoms with E-state index in [1.54, 1.807) is 11.3 Å². The highest BCUT2D eigenvalue weighted by molar-refractivity contribution is 7.13. The number of hydrogen-bond acceptors (Lipinski definition) is 4. The number of pyridine rings is 1. The molecule has 0 atom stereocenters. The molecule has 0 radical (unpaired) electrons. The Hall–Kier alpha value is -1.86. The van der Waals surface area contributed by atoms with Crippen LogP contribution in [0.4, 0.5) is 5.82 Å². The molecule has 0 aliphatic carbocycles. The van der Waals surface area contributed by atoms with Gasteiger partial charge < -0.3 is 5.73 Å². The topological polar surface area (TPSA) is 62.7 Å². The summed E-state index contributed by atoms with van der Waals surface area (Å²) in [6.45, 7) is 4.23. The van der Waals surface area contributed by atoms with Crippen molar-refractivity contribution >= 4 is 17.2 Å². The number of nitrogens with zero attached hydrogens (tertiary/aromatic N) is 2. The van der Waals surface area contributed by atoms with Crippen molar-refractivity contribution in [2.24, 2.45) is 0 Å². The van der Waals surface area contributed by atoms with Crippen LogP contribution in [-0.2, 0) is 12.8 Å². The lowest BCUT2D eigenvalue weighted by Gasteiger charge is -2.15. The Morgan fingerprint density at radius 3 is 2.74 bits per heavy atom. The molecule has 0 aliphatic rings. The van der Waals surface area contributed by atoms with Gasteiger partial charge in [0, 0.05) is 16.1 Å². The van der Waals surface area contributed by atoms with E-state index in [1.807, 2.05) is 17.5 Å². The molecule has 2 heterocycles. The Kier molecular flexibility index (Phi) is 4.18. The number of aryl methyl sites for hydroxylation is 1. The predicted octanol–water partition coefficient (Wildman–Crippen LogP) is 3.78. The van der Waals surface area contributed by atoms with Gasteiger partial charge in [0.05, 0.1) is 0 Å². The molecule has 2 aromatic heterocycles. The molecule has 3 nitrogen and oxygen atoms in total. The number of nitriles is 1. The summed E-state index contributed by atoms with van der Waals surface area (Å²) in [6, 6.07) is 6.25. The molecule has 0 spiro atoms. The molecule has 0 fully saturated rings. The molecule has 0 amide bonds. The lowest BCUT2D eigenvalue weighted by atomic mass is 9.95. The maximum Gasteiger partial charge on any atom is 0.142 e. The minimum atomic E-state index is 0.353. The highest BCUT2D eigenvalue weighted by atomic mass is 32.1. The lowest BCUT2D eigenvalue weighted by molar-refractivity contribution is 0.860. The molecule has 2 N–H and O–H groups in total. The van der Waals surface area contributed by atoms with Crippen LogP contribution in [0.15, 0.2) is 17.5 Å². The summed E-state index contributed by atoms with van der Waals surface area (Å²) in [7, 11) is 0. The summed E-state index contributed by atoms with van der Waals surface area (Å²) in [5.41, 5.74) is 9.65. The molecule has 0 aromatic carbocycles. The van der Waals surface area contributed by atoms with E-state index in [0.29, 0.717) is 11.4 Å². The fourth-order valence-corrected chi connectivity index (χ4v) is 3.13. The molecule has 4 heteroatoms. The fraction of sp³-hybridized carbons (Fsp3) is 0.333. The summed E-state index contributed by atoms with van der Waals surface area (Å²) in [5, 5.41) is 11.4. The number of anilines is 1. The highest BCUT2D eigenvalue weighted by Gasteiger charge is 2.18.